The van der Waals surface area contributed by atoms with Crippen molar-refractivity contribution < 1.29 is 13.6 Å². The van der Waals surface area contributed by atoms with Gasteiger partial charge in [0.15, 0.2) is 5.82 Å². The van der Waals surface area contributed by atoms with Gasteiger partial charge in [-0.1, -0.05) is 0 Å². The minimum Gasteiger partial charge on any atom is -0.368 e. The number of carbonyl (C=O) groups excluding carboxylic acids is 1. The highest BCUT2D eigenvalue weighted by Crippen LogP contribution is 2.25. The summed E-state index contributed by atoms with van der Waals surface area (Å²) < 4.78 is 28.4. The van der Waals surface area contributed by atoms with Crippen molar-refractivity contribution in [1.82, 2.24) is 9.55 Å². The van der Waals surface area contributed by atoms with E-state index in [2.05, 4.69) is 4.98 Å². The average Bonchev–Trinajstić information content (AvgIpc) is 2.67. The molecule has 0 aliphatic rings. The van der Waals surface area contributed by atoms with Crippen LogP contribution >= 0.6 is 11.6 Å². The number of aromatic nitrogens is 2. The lowest BCUT2D eigenvalue weighted by Gasteiger charge is -2.13. The number of aryl methyl sites for hydroxylation is 1. The maximum atomic E-state index is 13.7. The maximum absolute atomic E-state index is 13.7. The van der Waals surface area contributed by atoms with Gasteiger partial charge in [0.2, 0.25) is 5.91 Å². The summed E-state index contributed by atoms with van der Waals surface area (Å²) in [5, 5.41) is 0. The Morgan fingerprint density at radius 3 is 2.79 bits per heavy atom. The second-order valence-corrected chi connectivity index (χ2v) is 4.55. The Balaban J connectivity index is 2.75. The minimum absolute atomic E-state index is 0.00890. The molecule has 0 radical (unpaired) electrons. The summed E-state index contributed by atoms with van der Waals surface area (Å²) in [6.45, 7) is 1.55. The molecule has 0 saturated carbocycles. The fourth-order valence-corrected chi connectivity index (χ4v) is 2.16. The van der Waals surface area contributed by atoms with Crippen molar-refractivity contribution in [3.8, 4) is 0 Å². The number of halogens is 3. The fraction of sp³-hybridized carbons (Fsp3) is 0.333. The molecule has 0 spiro atoms. The van der Waals surface area contributed by atoms with E-state index in [0.717, 1.165) is 12.1 Å². The van der Waals surface area contributed by atoms with E-state index in [-0.39, 0.29) is 16.9 Å². The molecule has 1 amide bonds. The summed E-state index contributed by atoms with van der Waals surface area (Å²) in [7, 11) is 0. The SMILES string of the molecule is CC(C(N)=O)n1c(CCCl)nc2c(F)cc(F)cc21. The predicted octanol–water partition coefficient (Wildman–Crippen LogP) is 2.14. The molecule has 0 aliphatic heterocycles. The van der Waals surface area contributed by atoms with Crippen LogP contribution in [0.3, 0.4) is 0 Å². The van der Waals surface area contributed by atoms with Crippen LogP contribution in [-0.2, 0) is 11.2 Å². The van der Waals surface area contributed by atoms with Gasteiger partial charge in [0.25, 0.3) is 0 Å². The molecular formula is C12H12ClF2N3O. The van der Waals surface area contributed by atoms with Gasteiger partial charge in [0.05, 0.1) is 5.52 Å². The second kappa shape index (κ2) is 5.13. The van der Waals surface area contributed by atoms with Crippen LogP contribution in [0.15, 0.2) is 12.1 Å². The van der Waals surface area contributed by atoms with E-state index < -0.39 is 23.6 Å². The summed E-state index contributed by atoms with van der Waals surface area (Å²) in [6, 6.07) is 1.12. The van der Waals surface area contributed by atoms with Crippen LogP contribution in [0.1, 0.15) is 18.8 Å². The summed E-state index contributed by atoms with van der Waals surface area (Å²) >= 11 is 5.65. The summed E-state index contributed by atoms with van der Waals surface area (Å²) in [5.41, 5.74) is 5.46. The minimum atomic E-state index is -0.777. The van der Waals surface area contributed by atoms with Crippen molar-refractivity contribution in [1.29, 1.82) is 0 Å². The van der Waals surface area contributed by atoms with Gasteiger partial charge in [-0.3, -0.25) is 4.79 Å². The first-order valence-corrected chi connectivity index (χ1v) is 6.20. The number of alkyl halides is 1. The Morgan fingerprint density at radius 2 is 2.21 bits per heavy atom. The topological polar surface area (TPSA) is 60.9 Å². The standard InChI is InChI=1S/C12H12ClF2N3O/c1-6(12(16)19)18-9-5-7(14)4-8(15)11(9)17-10(18)2-3-13/h4-6H,2-3H2,1H3,(H2,16,19). The Labute approximate surface area is 113 Å². The van der Waals surface area contributed by atoms with Crippen molar-refractivity contribution in [2.75, 3.05) is 5.88 Å². The lowest BCUT2D eigenvalue weighted by Crippen LogP contribution is -2.25. The van der Waals surface area contributed by atoms with Gasteiger partial charge >= 0.3 is 0 Å². The van der Waals surface area contributed by atoms with E-state index in [1.807, 2.05) is 0 Å². The number of hydrogen-bond donors (Lipinski definition) is 1. The second-order valence-electron chi connectivity index (χ2n) is 4.17. The monoisotopic (exact) mass is 287 g/mol. The number of fused-ring (bicyclic) bond motifs is 1. The molecule has 0 saturated heterocycles. The number of nitrogens with two attached hydrogens (primary N) is 1. The van der Waals surface area contributed by atoms with Crippen LogP contribution in [0.4, 0.5) is 8.78 Å². The van der Waals surface area contributed by atoms with Crippen LogP contribution in [0, 0.1) is 11.6 Å². The molecule has 1 heterocycles. The first-order chi connectivity index (χ1) is 8.95. The molecule has 0 bridgehead atoms. The molecule has 1 aromatic carbocycles. The van der Waals surface area contributed by atoms with Crippen molar-refractivity contribution in [3.63, 3.8) is 0 Å². The van der Waals surface area contributed by atoms with Gasteiger partial charge in [-0.15, -0.1) is 11.6 Å². The number of hydrogen-bond acceptors (Lipinski definition) is 2. The van der Waals surface area contributed by atoms with Crippen molar-refractivity contribution in [3.05, 3.63) is 29.6 Å². The molecule has 1 aromatic heterocycles. The highest BCUT2D eigenvalue weighted by Gasteiger charge is 2.21. The molecular weight excluding hydrogens is 276 g/mol. The van der Waals surface area contributed by atoms with E-state index in [4.69, 9.17) is 17.3 Å². The zero-order chi connectivity index (χ0) is 14.2. The normalized spacial score (nSPS) is 12.8. The van der Waals surface area contributed by atoms with Crippen molar-refractivity contribution in [2.45, 2.75) is 19.4 Å². The smallest absolute Gasteiger partial charge is 0.240 e. The molecule has 0 fully saturated rings. The lowest BCUT2D eigenvalue weighted by molar-refractivity contribution is -0.120. The molecule has 102 valence electrons. The molecule has 2 rings (SSSR count). The predicted molar refractivity (Wildman–Crippen MR) is 68.0 cm³/mol. The quantitative estimate of drug-likeness (QED) is 0.876. The molecule has 19 heavy (non-hydrogen) atoms. The van der Waals surface area contributed by atoms with E-state index >= 15 is 0 Å². The van der Waals surface area contributed by atoms with Gasteiger partial charge in [0, 0.05) is 24.4 Å². The third-order valence-electron chi connectivity index (χ3n) is 2.90. The third-order valence-corrected chi connectivity index (χ3v) is 3.09. The Hall–Kier alpha value is -1.69. The first-order valence-electron chi connectivity index (χ1n) is 5.66. The van der Waals surface area contributed by atoms with Crippen LogP contribution in [0.2, 0.25) is 0 Å². The molecule has 2 N–H and O–H groups in total. The van der Waals surface area contributed by atoms with E-state index in [1.54, 1.807) is 6.92 Å². The van der Waals surface area contributed by atoms with Crippen LogP contribution in [0.25, 0.3) is 11.0 Å². The Kier molecular flexibility index (Phi) is 3.71. The molecule has 1 atom stereocenters. The molecule has 0 aliphatic carbocycles. The summed E-state index contributed by atoms with van der Waals surface area (Å²) in [6.07, 6.45) is 0.328. The largest absolute Gasteiger partial charge is 0.368 e. The first kappa shape index (κ1) is 13.7. The van der Waals surface area contributed by atoms with Gasteiger partial charge < -0.3 is 10.3 Å². The third kappa shape index (κ3) is 2.40. The van der Waals surface area contributed by atoms with Crippen LogP contribution in [0.5, 0.6) is 0 Å². The molecule has 4 nitrogen and oxygen atoms in total. The number of primary amides is 1. The summed E-state index contributed by atoms with van der Waals surface area (Å²) in [5.74, 6) is -1.47. The fourth-order valence-electron chi connectivity index (χ4n) is 1.99. The van der Waals surface area contributed by atoms with Gasteiger partial charge in [-0.25, -0.2) is 13.8 Å². The zero-order valence-corrected chi connectivity index (χ0v) is 10.9. The summed E-state index contributed by atoms with van der Waals surface area (Å²) in [4.78, 5) is 15.4. The van der Waals surface area contributed by atoms with Gasteiger partial charge in [-0.2, -0.15) is 0 Å². The van der Waals surface area contributed by atoms with Gasteiger partial charge in [0.1, 0.15) is 23.2 Å². The zero-order valence-electron chi connectivity index (χ0n) is 10.2. The lowest BCUT2D eigenvalue weighted by atomic mass is 10.2. The van der Waals surface area contributed by atoms with E-state index in [9.17, 15) is 13.6 Å². The number of imidazole rings is 1. The van der Waals surface area contributed by atoms with Crippen LogP contribution in [-0.4, -0.2) is 21.3 Å². The van der Waals surface area contributed by atoms with E-state index in [0.29, 0.717) is 12.2 Å². The van der Waals surface area contributed by atoms with Crippen molar-refractivity contribution in [2.24, 2.45) is 5.73 Å². The number of nitrogens with zero attached hydrogens (tertiary/aromatic N) is 2. The Morgan fingerprint density at radius 1 is 1.53 bits per heavy atom. The highest BCUT2D eigenvalue weighted by molar-refractivity contribution is 6.17. The van der Waals surface area contributed by atoms with Crippen LogP contribution < -0.4 is 5.73 Å². The van der Waals surface area contributed by atoms with Crippen molar-refractivity contribution >= 4 is 28.5 Å². The number of carbonyl (C=O) groups is 1. The molecule has 2 aromatic rings. The Bertz CT molecular complexity index is 641. The number of rotatable bonds is 4. The molecule has 7 heteroatoms. The van der Waals surface area contributed by atoms with E-state index in [1.165, 1.54) is 4.57 Å². The molecule has 1 unspecified atom stereocenters. The van der Waals surface area contributed by atoms with Gasteiger partial charge in [-0.05, 0) is 6.92 Å². The average molecular weight is 288 g/mol. The number of amides is 1. The number of benzene rings is 1. The highest BCUT2D eigenvalue weighted by atomic mass is 35.5. The maximum Gasteiger partial charge on any atom is 0.240 e.